The molecule has 0 saturated heterocycles. The van der Waals surface area contributed by atoms with Crippen molar-refractivity contribution in [3.63, 3.8) is 0 Å². The first kappa shape index (κ1) is 19.4. The van der Waals surface area contributed by atoms with Gasteiger partial charge in [-0.05, 0) is 52.5 Å². The molecule has 0 saturated carbocycles. The van der Waals surface area contributed by atoms with Gasteiger partial charge in [-0.1, -0.05) is 0 Å². The number of rotatable bonds is 3. The smallest absolute Gasteiger partial charge is 0.185 e. The van der Waals surface area contributed by atoms with Crippen LogP contribution in [0.4, 0.5) is 10.1 Å². The van der Waals surface area contributed by atoms with Gasteiger partial charge in [0.25, 0.3) is 0 Å². The summed E-state index contributed by atoms with van der Waals surface area (Å²) in [6.07, 6.45) is 1.46. The molecule has 0 bridgehead atoms. The molecule has 1 unspecified atom stereocenters. The second-order valence-electron chi connectivity index (χ2n) is 7.90. The van der Waals surface area contributed by atoms with Gasteiger partial charge in [0.2, 0.25) is 0 Å². The van der Waals surface area contributed by atoms with Gasteiger partial charge in [-0.25, -0.2) is 9.37 Å². The van der Waals surface area contributed by atoms with E-state index >= 15 is 0 Å². The second kappa shape index (κ2) is 6.68. The van der Waals surface area contributed by atoms with Crippen molar-refractivity contribution in [3.8, 4) is 6.07 Å². The fraction of sp³-hybridized carbons (Fsp3) is 0.350. The highest BCUT2D eigenvalue weighted by molar-refractivity contribution is 5.97. The van der Waals surface area contributed by atoms with E-state index in [9.17, 15) is 9.65 Å². The Morgan fingerprint density at radius 1 is 1.46 bits per heavy atom. The highest BCUT2D eigenvalue weighted by Gasteiger charge is 2.37. The van der Waals surface area contributed by atoms with Gasteiger partial charge in [-0.15, -0.1) is 0 Å². The number of anilines is 1. The van der Waals surface area contributed by atoms with Crippen LogP contribution >= 0.6 is 0 Å². The molecular formula is C20H23FN6O. The first-order chi connectivity index (χ1) is 13.0. The lowest BCUT2D eigenvalue weighted by Gasteiger charge is -2.33. The molecule has 1 aromatic heterocycles. The number of halogens is 1. The number of amidine groups is 1. The van der Waals surface area contributed by atoms with Crippen LogP contribution in [0.5, 0.6) is 0 Å². The van der Waals surface area contributed by atoms with E-state index < -0.39 is 17.0 Å². The Labute approximate surface area is 163 Å². The highest BCUT2D eigenvalue weighted by Crippen LogP contribution is 2.35. The van der Waals surface area contributed by atoms with Gasteiger partial charge in [-0.3, -0.25) is 4.99 Å². The van der Waals surface area contributed by atoms with E-state index in [0.29, 0.717) is 28.6 Å². The van der Waals surface area contributed by atoms with Crippen molar-refractivity contribution < 1.29 is 9.13 Å². The number of nitrogens with two attached hydrogens (primary N) is 1. The quantitative estimate of drug-likeness (QED) is 0.628. The standard InChI is InChI=1S/C20H23FN6O/c1-12(28-19(2,3)4)25-17-18-24-10-14(9-22)27(18)11-20(5,26-17)15-8-13(23)6-7-16(15)21/h6-8,10H,1,11,23H2,2-5H3,(H,25,26). The van der Waals surface area contributed by atoms with Gasteiger partial charge in [0.05, 0.1) is 12.7 Å². The van der Waals surface area contributed by atoms with E-state index in [1.807, 2.05) is 20.8 Å². The lowest BCUT2D eigenvalue weighted by Crippen LogP contribution is -2.41. The SMILES string of the molecule is C=C(NC1=NC(C)(c2cc(N)ccc2F)Cn2c(C#N)cnc21)OC(C)(C)C. The lowest BCUT2D eigenvalue weighted by atomic mass is 9.90. The zero-order valence-electron chi connectivity index (χ0n) is 16.4. The minimum absolute atomic E-state index is 0.239. The fourth-order valence-corrected chi connectivity index (χ4v) is 3.17. The number of imidazole rings is 1. The van der Waals surface area contributed by atoms with Crippen LogP contribution in [-0.4, -0.2) is 21.0 Å². The molecule has 0 aliphatic carbocycles. The van der Waals surface area contributed by atoms with Gasteiger partial charge in [0.1, 0.15) is 28.7 Å². The van der Waals surface area contributed by atoms with Crippen molar-refractivity contribution >= 4 is 11.5 Å². The minimum atomic E-state index is -1.01. The number of nitrogens with zero attached hydrogens (tertiary/aromatic N) is 4. The molecule has 7 nitrogen and oxygen atoms in total. The van der Waals surface area contributed by atoms with Gasteiger partial charge in [-0.2, -0.15) is 5.26 Å². The molecule has 1 aromatic carbocycles. The Hall–Kier alpha value is -3.34. The summed E-state index contributed by atoms with van der Waals surface area (Å²) in [5.74, 6) is 0.645. The maximum Gasteiger partial charge on any atom is 0.185 e. The number of fused-ring (bicyclic) bond motifs is 1. The first-order valence-corrected chi connectivity index (χ1v) is 8.79. The summed E-state index contributed by atoms with van der Waals surface area (Å²) in [4.78, 5) is 9.01. The third kappa shape index (κ3) is 3.69. The summed E-state index contributed by atoms with van der Waals surface area (Å²) in [7, 11) is 0. The summed E-state index contributed by atoms with van der Waals surface area (Å²) in [5.41, 5.74) is 5.51. The van der Waals surface area contributed by atoms with E-state index in [4.69, 9.17) is 15.5 Å². The van der Waals surface area contributed by atoms with Gasteiger partial charge in [0, 0.05) is 11.3 Å². The Kier molecular flexibility index (Phi) is 4.63. The molecule has 2 aromatic rings. The first-order valence-electron chi connectivity index (χ1n) is 8.79. The topological polar surface area (TPSA) is 101 Å². The van der Waals surface area contributed by atoms with Crippen LogP contribution in [0.3, 0.4) is 0 Å². The van der Waals surface area contributed by atoms with E-state index in [1.165, 1.54) is 18.3 Å². The van der Waals surface area contributed by atoms with Crippen molar-refractivity contribution in [3.05, 3.63) is 59.8 Å². The molecule has 1 atom stereocenters. The fourth-order valence-electron chi connectivity index (χ4n) is 3.17. The van der Waals surface area contributed by atoms with E-state index in [2.05, 4.69) is 22.9 Å². The molecule has 2 heterocycles. The molecule has 146 valence electrons. The summed E-state index contributed by atoms with van der Waals surface area (Å²) in [6, 6.07) is 6.48. The van der Waals surface area contributed by atoms with E-state index in [-0.39, 0.29) is 12.4 Å². The van der Waals surface area contributed by atoms with Crippen LogP contribution in [0.25, 0.3) is 0 Å². The van der Waals surface area contributed by atoms with Crippen LogP contribution in [0, 0.1) is 17.1 Å². The molecule has 0 amide bonds. The Morgan fingerprint density at radius 3 is 2.82 bits per heavy atom. The Balaban J connectivity index is 2.09. The number of hydrogen-bond acceptors (Lipinski definition) is 6. The summed E-state index contributed by atoms with van der Waals surface area (Å²) in [5, 5.41) is 12.5. The predicted molar refractivity (Wildman–Crippen MR) is 105 cm³/mol. The second-order valence-corrected chi connectivity index (χ2v) is 7.90. The molecule has 0 fully saturated rings. The van der Waals surface area contributed by atoms with Crippen LogP contribution in [-0.2, 0) is 16.8 Å². The zero-order chi connectivity index (χ0) is 20.7. The molecule has 1 aliphatic heterocycles. The minimum Gasteiger partial charge on any atom is -0.474 e. The molecule has 0 radical (unpaired) electrons. The molecule has 8 heteroatoms. The summed E-state index contributed by atoms with van der Waals surface area (Å²) < 4.78 is 22.0. The van der Waals surface area contributed by atoms with Gasteiger partial charge in [0.15, 0.2) is 17.5 Å². The number of aliphatic imine (C=N–C) groups is 1. The van der Waals surface area contributed by atoms with Crippen LogP contribution < -0.4 is 11.1 Å². The van der Waals surface area contributed by atoms with Crippen molar-refractivity contribution in [2.45, 2.75) is 45.4 Å². The maximum atomic E-state index is 14.6. The molecular weight excluding hydrogens is 359 g/mol. The Bertz CT molecular complexity index is 1010. The summed E-state index contributed by atoms with van der Waals surface area (Å²) >= 11 is 0. The predicted octanol–water partition coefficient (Wildman–Crippen LogP) is 3.03. The normalized spacial score (nSPS) is 18.6. The number of ether oxygens (including phenoxy) is 1. The third-order valence-corrected chi connectivity index (χ3v) is 4.26. The maximum absolute atomic E-state index is 14.6. The molecule has 1 aliphatic rings. The van der Waals surface area contributed by atoms with Crippen molar-refractivity contribution in [1.29, 1.82) is 5.26 Å². The Morgan fingerprint density at radius 2 is 2.18 bits per heavy atom. The number of benzene rings is 1. The van der Waals surface area contributed by atoms with Crippen LogP contribution in [0.2, 0.25) is 0 Å². The van der Waals surface area contributed by atoms with E-state index in [1.54, 1.807) is 17.6 Å². The molecule has 3 rings (SSSR count). The number of nitrogen functional groups attached to an aromatic ring is 1. The molecule has 3 N–H and O–H groups in total. The number of nitriles is 1. The third-order valence-electron chi connectivity index (χ3n) is 4.26. The lowest BCUT2D eigenvalue weighted by molar-refractivity contribution is 0.0463. The molecule has 0 spiro atoms. The zero-order valence-corrected chi connectivity index (χ0v) is 16.4. The van der Waals surface area contributed by atoms with Crippen molar-refractivity contribution in [2.24, 2.45) is 4.99 Å². The summed E-state index contributed by atoms with van der Waals surface area (Å²) in [6.45, 7) is 11.6. The average Bonchev–Trinajstić information content (AvgIpc) is 2.98. The van der Waals surface area contributed by atoms with Crippen molar-refractivity contribution in [2.75, 3.05) is 5.73 Å². The van der Waals surface area contributed by atoms with Crippen LogP contribution in [0.15, 0.2) is 41.9 Å². The average molecular weight is 382 g/mol. The van der Waals surface area contributed by atoms with Crippen LogP contribution in [0.1, 0.15) is 44.8 Å². The number of nitrogens with one attached hydrogen (secondary N) is 1. The molecule has 28 heavy (non-hydrogen) atoms. The van der Waals surface area contributed by atoms with Gasteiger partial charge >= 0.3 is 0 Å². The number of hydrogen-bond donors (Lipinski definition) is 2. The van der Waals surface area contributed by atoms with Crippen molar-refractivity contribution in [1.82, 2.24) is 14.9 Å². The monoisotopic (exact) mass is 382 g/mol. The largest absolute Gasteiger partial charge is 0.474 e. The van der Waals surface area contributed by atoms with E-state index in [0.717, 1.165) is 0 Å². The highest BCUT2D eigenvalue weighted by atomic mass is 19.1. The van der Waals surface area contributed by atoms with Gasteiger partial charge < -0.3 is 20.4 Å². The number of aromatic nitrogens is 2.